The van der Waals surface area contributed by atoms with Crippen molar-refractivity contribution in [3.8, 4) is 11.8 Å². The van der Waals surface area contributed by atoms with E-state index in [9.17, 15) is 14.9 Å². The number of para-hydroxylation sites is 1. The quantitative estimate of drug-likeness (QED) is 0.263. The van der Waals surface area contributed by atoms with Gasteiger partial charge < -0.3 is 9.47 Å². The highest BCUT2D eigenvalue weighted by Gasteiger charge is 2.33. The van der Waals surface area contributed by atoms with Gasteiger partial charge in [-0.3, -0.25) is 9.36 Å². The molecule has 0 amide bonds. The number of nitrogens with zero attached hydrogens (tertiary/aromatic N) is 3. The van der Waals surface area contributed by atoms with Crippen molar-refractivity contribution >= 4 is 23.4 Å². The normalized spacial score (nSPS) is 14.8. The molecule has 4 aromatic rings. The van der Waals surface area contributed by atoms with Gasteiger partial charge in [0.1, 0.15) is 12.4 Å². The Bertz CT molecular complexity index is 1890. The van der Waals surface area contributed by atoms with Crippen LogP contribution in [0.4, 0.5) is 0 Å². The first kappa shape index (κ1) is 28.8. The molecule has 1 aromatic heterocycles. The average Bonchev–Trinajstić information content (AvgIpc) is 3.30. The van der Waals surface area contributed by atoms with E-state index >= 15 is 0 Å². The molecule has 1 aliphatic rings. The van der Waals surface area contributed by atoms with Crippen molar-refractivity contribution in [1.82, 2.24) is 4.57 Å². The lowest BCUT2D eigenvalue weighted by atomic mass is 9.93. The zero-order valence-corrected chi connectivity index (χ0v) is 24.8. The summed E-state index contributed by atoms with van der Waals surface area (Å²) < 4.78 is 13.6. The van der Waals surface area contributed by atoms with Gasteiger partial charge in [-0.25, -0.2) is 9.79 Å². The Morgan fingerprint density at radius 2 is 1.81 bits per heavy atom. The molecule has 8 heteroatoms. The summed E-state index contributed by atoms with van der Waals surface area (Å²) >= 11 is 1.27. The molecular weight excluding hydrogens is 546 g/mol. The molecule has 0 spiro atoms. The smallest absolute Gasteiger partial charge is 0.338 e. The molecule has 42 heavy (non-hydrogen) atoms. The number of rotatable bonds is 8. The standard InChI is InChI=1S/C34H31N3O4S/c1-5-40-33(39)30-22(4)36-34-37(31(30)24-16-14-23(15-17-24)21(2)3)32(38)29(42-34)18-25-10-8-9-13-28(25)41-20-27-12-7-6-11-26(27)19-35/h6-18,21,31H,5,20H2,1-4H3. The molecule has 1 atom stereocenters. The monoisotopic (exact) mass is 577 g/mol. The maximum Gasteiger partial charge on any atom is 0.338 e. The minimum atomic E-state index is -0.669. The van der Waals surface area contributed by atoms with E-state index < -0.39 is 12.0 Å². The molecule has 3 aromatic carbocycles. The first-order chi connectivity index (χ1) is 20.3. The number of fused-ring (bicyclic) bond motifs is 1. The molecule has 0 fully saturated rings. The number of ether oxygens (including phenoxy) is 2. The summed E-state index contributed by atoms with van der Waals surface area (Å²) in [6.45, 7) is 8.21. The predicted octanol–water partition coefficient (Wildman–Crippen LogP) is 5.37. The van der Waals surface area contributed by atoms with Gasteiger partial charge in [0.2, 0.25) is 0 Å². The van der Waals surface area contributed by atoms with Crippen LogP contribution in [0.25, 0.3) is 6.08 Å². The molecule has 0 radical (unpaired) electrons. The van der Waals surface area contributed by atoms with Crippen LogP contribution in [-0.2, 0) is 16.1 Å². The van der Waals surface area contributed by atoms with Gasteiger partial charge in [0.25, 0.3) is 5.56 Å². The van der Waals surface area contributed by atoms with Crippen LogP contribution in [0.5, 0.6) is 5.75 Å². The van der Waals surface area contributed by atoms with Gasteiger partial charge in [-0.1, -0.05) is 85.8 Å². The molecule has 0 saturated heterocycles. The van der Waals surface area contributed by atoms with E-state index in [0.717, 1.165) is 16.7 Å². The molecule has 0 N–H and O–H groups in total. The molecule has 1 aliphatic heterocycles. The molecule has 212 valence electrons. The maximum atomic E-state index is 14.0. The number of thiazole rings is 1. The second-order valence-corrected chi connectivity index (χ2v) is 11.2. The average molecular weight is 578 g/mol. The topological polar surface area (TPSA) is 93.7 Å². The number of carbonyl (C=O) groups excluding carboxylic acids is 1. The van der Waals surface area contributed by atoms with Crippen LogP contribution in [-0.4, -0.2) is 17.1 Å². The number of hydrogen-bond donors (Lipinski definition) is 0. The zero-order chi connectivity index (χ0) is 29.8. The van der Waals surface area contributed by atoms with Crippen molar-refractivity contribution in [3.63, 3.8) is 0 Å². The predicted molar refractivity (Wildman–Crippen MR) is 163 cm³/mol. The van der Waals surface area contributed by atoms with Gasteiger partial charge in [0.05, 0.1) is 40.1 Å². The lowest BCUT2D eigenvalue weighted by Crippen LogP contribution is -2.39. The molecule has 1 unspecified atom stereocenters. The Hall–Kier alpha value is -4.74. The second kappa shape index (κ2) is 12.4. The zero-order valence-electron chi connectivity index (χ0n) is 24.0. The van der Waals surface area contributed by atoms with E-state index in [0.29, 0.717) is 37.8 Å². The lowest BCUT2D eigenvalue weighted by molar-refractivity contribution is -0.139. The second-order valence-electron chi connectivity index (χ2n) is 10.2. The fourth-order valence-corrected chi connectivity index (χ4v) is 5.99. The number of esters is 1. The fraction of sp³-hybridized carbons (Fsp3) is 0.235. The fourth-order valence-electron chi connectivity index (χ4n) is 4.95. The number of allylic oxidation sites excluding steroid dienone is 1. The highest BCUT2D eigenvalue weighted by molar-refractivity contribution is 7.07. The summed E-state index contributed by atoms with van der Waals surface area (Å²) in [4.78, 5) is 32.4. The molecule has 5 rings (SSSR count). The Balaban J connectivity index is 1.60. The SMILES string of the molecule is CCOC(=O)C1=C(C)N=c2sc(=Cc3ccccc3OCc3ccccc3C#N)c(=O)n2C1c1ccc(C(C)C)cc1. The van der Waals surface area contributed by atoms with Crippen molar-refractivity contribution in [3.05, 3.63) is 132 Å². The van der Waals surface area contributed by atoms with Crippen molar-refractivity contribution < 1.29 is 14.3 Å². The minimum absolute atomic E-state index is 0.213. The van der Waals surface area contributed by atoms with Crippen molar-refractivity contribution in [2.75, 3.05) is 6.61 Å². The van der Waals surface area contributed by atoms with Gasteiger partial charge in [-0.2, -0.15) is 5.26 Å². The van der Waals surface area contributed by atoms with Crippen molar-refractivity contribution in [2.45, 2.75) is 46.3 Å². The van der Waals surface area contributed by atoms with Crippen molar-refractivity contribution in [2.24, 2.45) is 4.99 Å². The summed E-state index contributed by atoms with van der Waals surface area (Å²) in [5.41, 5.74) is 4.65. The highest BCUT2D eigenvalue weighted by Crippen LogP contribution is 2.31. The van der Waals surface area contributed by atoms with Gasteiger partial charge in [0, 0.05) is 11.1 Å². The number of hydrogen-bond acceptors (Lipinski definition) is 7. The minimum Gasteiger partial charge on any atom is -0.488 e. The Kier molecular flexibility index (Phi) is 8.51. The number of benzene rings is 3. The van der Waals surface area contributed by atoms with Crippen LogP contribution in [0, 0.1) is 11.3 Å². The van der Waals surface area contributed by atoms with Crippen LogP contribution < -0.4 is 19.6 Å². The third-order valence-corrected chi connectivity index (χ3v) is 8.15. The molecule has 0 aliphatic carbocycles. The van der Waals surface area contributed by atoms with Crippen LogP contribution in [0.2, 0.25) is 0 Å². The Morgan fingerprint density at radius 1 is 1.10 bits per heavy atom. The maximum absolute atomic E-state index is 14.0. The van der Waals surface area contributed by atoms with E-state index in [4.69, 9.17) is 9.47 Å². The summed E-state index contributed by atoms with van der Waals surface area (Å²) in [6.07, 6.45) is 1.79. The summed E-state index contributed by atoms with van der Waals surface area (Å²) in [7, 11) is 0. The van der Waals surface area contributed by atoms with Crippen LogP contribution in [0.15, 0.2) is 93.9 Å². The van der Waals surface area contributed by atoms with Crippen LogP contribution in [0.1, 0.15) is 67.5 Å². The summed E-state index contributed by atoms with van der Waals surface area (Å²) in [6, 6.07) is 24.3. The first-order valence-electron chi connectivity index (χ1n) is 13.8. The van der Waals surface area contributed by atoms with Crippen molar-refractivity contribution in [1.29, 1.82) is 5.26 Å². The Morgan fingerprint density at radius 3 is 2.52 bits per heavy atom. The highest BCUT2D eigenvalue weighted by atomic mass is 32.1. The summed E-state index contributed by atoms with van der Waals surface area (Å²) in [5, 5.41) is 9.43. The van der Waals surface area contributed by atoms with Crippen LogP contribution in [0.3, 0.4) is 0 Å². The van der Waals surface area contributed by atoms with E-state index in [1.54, 1.807) is 30.6 Å². The Labute approximate surface area is 248 Å². The van der Waals surface area contributed by atoms with E-state index in [-0.39, 0.29) is 18.8 Å². The van der Waals surface area contributed by atoms with E-state index in [1.165, 1.54) is 16.9 Å². The first-order valence-corrected chi connectivity index (χ1v) is 14.6. The molecule has 2 heterocycles. The van der Waals surface area contributed by atoms with E-state index in [1.807, 2.05) is 66.7 Å². The largest absolute Gasteiger partial charge is 0.488 e. The molecule has 0 bridgehead atoms. The lowest BCUT2D eigenvalue weighted by Gasteiger charge is -2.25. The third kappa shape index (κ3) is 5.69. The molecule has 0 saturated carbocycles. The van der Waals surface area contributed by atoms with Gasteiger partial charge >= 0.3 is 5.97 Å². The number of carbonyl (C=O) groups is 1. The van der Waals surface area contributed by atoms with Gasteiger partial charge in [0.15, 0.2) is 4.80 Å². The molecule has 7 nitrogen and oxygen atoms in total. The van der Waals surface area contributed by atoms with E-state index in [2.05, 4.69) is 24.9 Å². The van der Waals surface area contributed by atoms with Gasteiger partial charge in [-0.05, 0) is 49.1 Å². The van der Waals surface area contributed by atoms with Crippen LogP contribution >= 0.6 is 11.3 Å². The van der Waals surface area contributed by atoms with Gasteiger partial charge in [-0.15, -0.1) is 0 Å². The summed E-state index contributed by atoms with van der Waals surface area (Å²) in [5.74, 6) is 0.446. The third-order valence-electron chi connectivity index (χ3n) is 7.16. The number of nitriles is 1. The molecular formula is C34H31N3O4S. The number of aromatic nitrogens is 1.